The highest BCUT2D eigenvalue weighted by Crippen LogP contribution is 2.32. The van der Waals surface area contributed by atoms with Gasteiger partial charge in [-0.2, -0.15) is 12.7 Å². The standard InChI is InChI=1S/C41H35F3N6O10S/c42-24-11-12-49(21-24)61(56,57)48-32-8-7-31(43)35(36(32)44)37(52)30-20-46-38-28(30)17-23(19-45-38)22-1-3-25(4-2-22)59-15-13-58-14-16-60-26-5-6-27-29(18-26)41(55)50(40(27)54)33-9-10-34(51)47-39(33)53/h1-8,17-20,24,33,48H,9-16,21H2,(H,45,46)(H,47,51,53)/t24-,33?/m1/s1. The topological polar surface area (TPSA) is 206 Å². The Morgan fingerprint density at radius 2 is 1.59 bits per heavy atom. The molecule has 8 rings (SSSR count). The van der Waals surface area contributed by atoms with E-state index in [1.54, 1.807) is 36.5 Å². The van der Waals surface area contributed by atoms with Crippen molar-refractivity contribution in [3.63, 3.8) is 0 Å². The Bertz CT molecular complexity index is 2710. The zero-order valence-corrected chi connectivity index (χ0v) is 32.7. The molecule has 0 bridgehead atoms. The van der Waals surface area contributed by atoms with E-state index in [1.807, 2.05) is 4.72 Å². The molecule has 3 aliphatic rings. The molecular formula is C41H35F3N6O10S. The van der Waals surface area contributed by atoms with Crippen LogP contribution in [0.25, 0.3) is 22.2 Å². The molecule has 61 heavy (non-hydrogen) atoms. The molecule has 5 aromatic rings. The zero-order valence-electron chi connectivity index (χ0n) is 31.9. The predicted octanol–water partition coefficient (Wildman–Crippen LogP) is 4.32. The first-order valence-corrected chi connectivity index (χ1v) is 20.4. The Morgan fingerprint density at radius 1 is 0.869 bits per heavy atom. The van der Waals surface area contributed by atoms with E-state index >= 15 is 8.78 Å². The van der Waals surface area contributed by atoms with Crippen LogP contribution < -0.4 is 19.5 Å². The molecule has 5 heterocycles. The number of hydrogen-bond donors (Lipinski definition) is 3. The lowest BCUT2D eigenvalue weighted by Crippen LogP contribution is -2.54. The first-order chi connectivity index (χ1) is 29.3. The average molecular weight is 861 g/mol. The van der Waals surface area contributed by atoms with Gasteiger partial charge in [-0.1, -0.05) is 12.1 Å². The summed E-state index contributed by atoms with van der Waals surface area (Å²) < 4.78 is 89.7. The van der Waals surface area contributed by atoms with Crippen LogP contribution in [0.2, 0.25) is 0 Å². The number of benzene rings is 3. The van der Waals surface area contributed by atoms with Crippen LogP contribution in [0.1, 0.15) is 55.9 Å². The SMILES string of the molecule is O=C1CCC(N2C(=O)c3ccc(OCCOCCOc4ccc(-c5cnc6[nH]cc(C(=O)c7c(F)ccc(NS(=O)(=O)N8CC[C@@H](F)C8)c7F)c6c5)cc4)cc3C2=O)C(=O)N1. The number of anilines is 1. The largest absolute Gasteiger partial charge is 0.491 e. The fraction of sp³-hybridized carbons (Fsp3) is 0.268. The molecule has 0 aliphatic carbocycles. The molecule has 16 nitrogen and oxygen atoms in total. The van der Waals surface area contributed by atoms with Gasteiger partial charge >= 0.3 is 10.2 Å². The quantitative estimate of drug-likeness (QED) is 0.0768. The number of ketones is 1. The zero-order chi connectivity index (χ0) is 43.0. The highest BCUT2D eigenvalue weighted by atomic mass is 32.2. The third-order valence-electron chi connectivity index (χ3n) is 10.4. The van der Waals surface area contributed by atoms with Crippen LogP contribution in [0.3, 0.4) is 0 Å². The number of nitrogens with zero attached hydrogens (tertiary/aromatic N) is 3. The van der Waals surface area contributed by atoms with Crippen molar-refractivity contribution in [2.75, 3.05) is 44.2 Å². The van der Waals surface area contributed by atoms with Crippen molar-refractivity contribution >= 4 is 56.3 Å². The lowest BCUT2D eigenvalue weighted by molar-refractivity contribution is -0.136. The number of imide groups is 2. The summed E-state index contributed by atoms with van der Waals surface area (Å²) in [7, 11) is -4.38. The van der Waals surface area contributed by atoms with Crippen molar-refractivity contribution in [3.05, 3.63) is 107 Å². The molecule has 3 aromatic carbocycles. The Balaban J connectivity index is 0.832. The smallest absolute Gasteiger partial charge is 0.301 e. The number of H-pyrrole nitrogens is 1. The Hall–Kier alpha value is -6.64. The van der Waals surface area contributed by atoms with Crippen molar-refractivity contribution in [1.29, 1.82) is 0 Å². The van der Waals surface area contributed by atoms with Gasteiger partial charge in [-0.05, 0) is 66.9 Å². The molecule has 0 radical (unpaired) electrons. The number of fused-ring (bicyclic) bond motifs is 2. The number of nitrogens with one attached hydrogen (secondary N) is 3. The van der Waals surface area contributed by atoms with Gasteiger partial charge in [-0.25, -0.2) is 18.2 Å². The van der Waals surface area contributed by atoms with Crippen LogP contribution in [-0.2, 0) is 24.5 Å². The summed E-state index contributed by atoms with van der Waals surface area (Å²) in [6, 6.07) is 13.5. The number of rotatable bonds is 15. The number of pyridine rings is 1. The molecule has 2 fully saturated rings. The second kappa shape index (κ2) is 16.8. The number of aromatic amines is 1. The Kier molecular flexibility index (Phi) is 11.3. The maximum Gasteiger partial charge on any atom is 0.301 e. The van der Waals surface area contributed by atoms with E-state index in [0.717, 1.165) is 21.3 Å². The Morgan fingerprint density at radius 3 is 2.31 bits per heavy atom. The fourth-order valence-corrected chi connectivity index (χ4v) is 8.52. The molecular weight excluding hydrogens is 826 g/mol. The van der Waals surface area contributed by atoms with Crippen LogP contribution in [0.5, 0.6) is 11.5 Å². The van der Waals surface area contributed by atoms with E-state index < -0.39 is 81.3 Å². The summed E-state index contributed by atoms with van der Waals surface area (Å²) in [6.45, 7) is 0.181. The number of ether oxygens (including phenoxy) is 3. The summed E-state index contributed by atoms with van der Waals surface area (Å²) in [5.74, 6) is -5.23. The van der Waals surface area contributed by atoms with Crippen LogP contribution in [0.15, 0.2) is 73.1 Å². The lowest BCUT2D eigenvalue weighted by atomic mass is 10.00. The molecule has 1 unspecified atom stereocenters. The number of carbonyl (C=O) groups is 5. The number of piperidine rings is 1. The number of amides is 4. The minimum Gasteiger partial charge on any atom is -0.491 e. The summed E-state index contributed by atoms with van der Waals surface area (Å²) in [6.07, 6.45) is 1.50. The van der Waals surface area contributed by atoms with E-state index in [4.69, 9.17) is 14.2 Å². The molecule has 0 saturated carbocycles. The van der Waals surface area contributed by atoms with Gasteiger partial charge in [0.2, 0.25) is 17.6 Å². The van der Waals surface area contributed by atoms with E-state index in [2.05, 4.69) is 15.3 Å². The van der Waals surface area contributed by atoms with Gasteiger partial charge in [-0.3, -0.25) is 38.9 Å². The number of alkyl halides is 1. The van der Waals surface area contributed by atoms with E-state index in [9.17, 15) is 36.8 Å². The second-order valence-corrected chi connectivity index (χ2v) is 15.9. The molecule has 316 valence electrons. The van der Waals surface area contributed by atoms with Crippen LogP contribution in [0, 0.1) is 11.6 Å². The van der Waals surface area contributed by atoms with Crippen molar-refractivity contribution < 1.29 is 59.8 Å². The minimum absolute atomic E-state index is 0.0169. The normalized spacial score (nSPS) is 18.1. The fourth-order valence-electron chi connectivity index (χ4n) is 7.26. The Labute approximate surface area is 345 Å². The van der Waals surface area contributed by atoms with Gasteiger partial charge in [0.05, 0.1) is 35.6 Å². The highest BCUT2D eigenvalue weighted by Gasteiger charge is 2.44. The number of aromatic nitrogens is 2. The summed E-state index contributed by atoms with van der Waals surface area (Å²) in [4.78, 5) is 71.4. The first kappa shape index (κ1) is 41.1. The number of hydrogen-bond acceptors (Lipinski definition) is 11. The van der Waals surface area contributed by atoms with Crippen LogP contribution in [0.4, 0.5) is 18.9 Å². The van der Waals surface area contributed by atoms with Gasteiger partial charge in [-0.15, -0.1) is 0 Å². The molecule has 0 spiro atoms. The molecule has 2 atom stereocenters. The second-order valence-electron chi connectivity index (χ2n) is 14.3. The molecule has 3 N–H and O–H groups in total. The average Bonchev–Trinajstić information content (AvgIpc) is 3.94. The van der Waals surface area contributed by atoms with Gasteiger partial charge in [0.25, 0.3) is 11.8 Å². The first-order valence-electron chi connectivity index (χ1n) is 19.0. The van der Waals surface area contributed by atoms with Gasteiger partial charge in [0.1, 0.15) is 48.4 Å². The number of carbonyl (C=O) groups excluding carboxylic acids is 5. The predicted molar refractivity (Wildman–Crippen MR) is 210 cm³/mol. The van der Waals surface area contributed by atoms with E-state index in [1.165, 1.54) is 24.4 Å². The van der Waals surface area contributed by atoms with Crippen molar-refractivity contribution in [1.82, 2.24) is 24.5 Å². The van der Waals surface area contributed by atoms with Crippen molar-refractivity contribution in [2.24, 2.45) is 0 Å². The van der Waals surface area contributed by atoms with Crippen molar-refractivity contribution in [3.8, 4) is 22.6 Å². The highest BCUT2D eigenvalue weighted by molar-refractivity contribution is 7.90. The molecule has 3 aliphatic heterocycles. The van der Waals surface area contributed by atoms with Crippen molar-refractivity contribution in [2.45, 2.75) is 31.5 Å². The van der Waals surface area contributed by atoms with Gasteiger partial charge in [0, 0.05) is 48.4 Å². The summed E-state index contributed by atoms with van der Waals surface area (Å²) in [5, 5.41) is 2.42. The maximum atomic E-state index is 15.6. The summed E-state index contributed by atoms with van der Waals surface area (Å²) >= 11 is 0. The van der Waals surface area contributed by atoms with Gasteiger partial charge in [0.15, 0.2) is 5.82 Å². The third-order valence-corrected chi connectivity index (χ3v) is 11.8. The third kappa shape index (κ3) is 8.28. The monoisotopic (exact) mass is 860 g/mol. The minimum atomic E-state index is -4.38. The van der Waals surface area contributed by atoms with E-state index in [0.29, 0.717) is 22.6 Å². The maximum absolute atomic E-state index is 15.6. The van der Waals surface area contributed by atoms with E-state index in [-0.39, 0.29) is 80.0 Å². The number of halogens is 3. The molecule has 4 amide bonds. The molecule has 2 saturated heterocycles. The van der Waals surface area contributed by atoms with Gasteiger partial charge < -0.3 is 19.2 Å². The van der Waals surface area contributed by atoms with Crippen LogP contribution >= 0.6 is 0 Å². The molecule has 20 heteroatoms. The summed E-state index contributed by atoms with van der Waals surface area (Å²) in [5.41, 5.74) is 0.0110. The van der Waals surface area contributed by atoms with Crippen LogP contribution in [-0.4, -0.2) is 109 Å². The molecule has 2 aromatic heterocycles. The lowest BCUT2D eigenvalue weighted by Gasteiger charge is -2.27.